The molecule has 0 amide bonds. The molecule has 12 heteroatoms. The molecule has 0 saturated carbocycles. The minimum absolute atomic E-state index is 0.0538. The Morgan fingerprint density at radius 3 is 1.53 bits per heavy atom. The fraction of sp³-hybridized carbons (Fsp3) is 0.400. The van der Waals surface area contributed by atoms with Gasteiger partial charge in [-0.3, -0.25) is 20.2 Å². The quantitative estimate of drug-likeness (QED) is 0.269. The highest BCUT2D eigenvalue weighted by Crippen LogP contribution is 2.26. The number of nitro benzene ring substituents is 2. The Morgan fingerprint density at radius 1 is 0.719 bits per heavy atom. The van der Waals surface area contributed by atoms with Crippen molar-refractivity contribution in [2.75, 3.05) is 39.6 Å². The van der Waals surface area contributed by atoms with Crippen molar-refractivity contribution in [1.29, 1.82) is 0 Å². The van der Waals surface area contributed by atoms with Gasteiger partial charge in [0.2, 0.25) is 12.6 Å². The van der Waals surface area contributed by atoms with Gasteiger partial charge in [-0.05, 0) is 12.1 Å². The van der Waals surface area contributed by atoms with Gasteiger partial charge in [-0.2, -0.15) is 0 Å². The van der Waals surface area contributed by atoms with E-state index in [0.717, 1.165) is 0 Å². The van der Waals surface area contributed by atoms with Crippen molar-refractivity contribution < 1.29 is 38.3 Å². The van der Waals surface area contributed by atoms with Crippen LogP contribution in [0.4, 0.5) is 11.4 Å². The molecule has 1 aliphatic rings. The largest absolute Gasteiger partial charge is 0.484 e. The van der Waals surface area contributed by atoms with Crippen molar-refractivity contribution in [2.24, 2.45) is 0 Å². The van der Waals surface area contributed by atoms with Gasteiger partial charge in [-0.1, -0.05) is 24.3 Å². The zero-order valence-corrected chi connectivity index (χ0v) is 17.0. The molecular formula is C20H22N2O10. The van der Waals surface area contributed by atoms with Crippen molar-refractivity contribution in [3.63, 3.8) is 0 Å². The van der Waals surface area contributed by atoms with E-state index in [-0.39, 0.29) is 49.3 Å². The van der Waals surface area contributed by atoms with Crippen LogP contribution in [-0.4, -0.2) is 62.1 Å². The lowest BCUT2D eigenvalue weighted by Crippen LogP contribution is -2.43. The van der Waals surface area contributed by atoms with E-state index >= 15 is 0 Å². The van der Waals surface area contributed by atoms with Crippen molar-refractivity contribution in [3.8, 4) is 11.5 Å². The maximum atomic E-state index is 11.0. The molecule has 0 bridgehead atoms. The summed E-state index contributed by atoms with van der Waals surface area (Å²) in [6.45, 7) is 0.875. The monoisotopic (exact) mass is 450 g/mol. The van der Waals surface area contributed by atoms with Gasteiger partial charge in [0, 0.05) is 12.1 Å². The van der Waals surface area contributed by atoms with E-state index in [4.69, 9.17) is 28.4 Å². The lowest BCUT2D eigenvalue weighted by molar-refractivity contribution is -0.386. The maximum Gasteiger partial charge on any atom is 0.310 e. The number of para-hydroxylation sites is 4. The van der Waals surface area contributed by atoms with E-state index < -0.39 is 22.4 Å². The summed E-state index contributed by atoms with van der Waals surface area (Å²) in [6.07, 6.45) is -1.66. The second-order valence-corrected chi connectivity index (χ2v) is 6.37. The van der Waals surface area contributed by atoms with E-state index in [2.05, 4.69) is 0 Å². The molecule has 0 spiro atoms. The summed E-state index contributed by atoms with van der Waals surface area (Å²) in [7, 11) is 0. The molecule has 0 radical (unpaired) electrons. The van der Waals surface area contributed by atoms with Crippen molar-refractivity contribution in [1.82, 2.24) is 0 Å². The van der Waals surface area contributed by atoms with E-state index in [1.165, 1.54) is 24.3 Å². The second kappa shape index (κ2) is 11.9. The van der Waals surface area contributed by atoms with Gasteiger partial charge in [-0.15, -0.1) is 0 Å². The Kier molecular flexibility index (Phi) is 8.69. The fourth-order valence-corrected chi connectivity index (χ4v) is 2.83. The summed E-state index contributed by atoms with van der Waals surface area (Å²) in [5, 5.41) is 22.0. The Balaban J connectivity index is 1.41. The van der Waals surface area contributed by atoms with Crippen LogP contribution in [-0.2, 0) is 18.9 Å². The van der Waals surface area contributed by atoms with Crippen LogP contribution in [0.15, 0.2) is 48.5 Å². The summed E-state index contributed by atoms with van der Waals surface area (Å²) in [4.78, 5) is 21.0. The summed E-state index contributed by atoms with van der Waals surface area (Å²) >= 11 is 0. The van der Waals surface area contributed by atoms with Gasteiger partial charge in [0.1, 0.15) is 13.2 Å². The molecule has 1 fully saturated rings. The Morgan fingerprint density at radius 2 is 1.12 bits per heavy atom. The smallest absolute Gasteiger partial charge is 0.310 e. The minimum Gasteiger partial charge on any atom is -0.484 e. The van der Waals surface area contributed by atoms with Gasteiger partial charge in [-0.25, -0.2) is 0 Å². The number of benzene rings is 2. The molecule has 32 heavy (non-hydrogen) atoms. The molecule has 172 valence electrons. The highest BCUT2D eigenvalue weighted by molar-refractivity contribution is 5.46. The molecule has 0 aromatic heterocycles. The van der Waals surface area contributed by atoms with E-state index in [9.17, 15) is 20.2 Å². The van der Waals surface area contributed by atoms with Gasteiger partial charge in [0.25, 0.3) is 0 Å². The average molecular weight is 450 g/mol. The third-order valence-corrected chi connectivity index (χ3v) is 4.24. The van der Waals surface area contributed by atoms with E-state index in [1.54, 1.807) is 24.3 Å². The molecule has 0 unspecified atom stereocenters. The first-order valence-electron chi connectivity index (χ1n) is 9.75. The topological polar surface area (TPSA) is 142 Å². The highest BCUT2D eigenvalue weighted by Gasteiger charge is 2.28. The van der Waals surface area contributed by atoms with Gasteiger partial charge in [0.05, 0.1) is 36.3 Å². The maximum absolute atomic E-state index is 11.0. The molecule has 0 aliphatic carbocycles. The Bertz CT molecular complexity index is 836. The summed E-state index contributed by atoms with van der Waals surface area (Å²) in [5.74, 6) is 0.281. The zero-order chi connectivity index (χ0) is 22.8. The van der Waals surface area contributed by atoms with Crippen LogP contribution in [0.2, 0.25) is 0 Å². The molecule has 1 aliphatic heterocycles. The highest BCUT2D eigenvalue weighted by atomic mass is 16.8. The molecule has 2 aromatic rings. The minimum atomic E-state index is -0.829. The first-order chi connectivity index (χ1) is 15.6. The lowest BCUT2D eigenvalue weighted by atomic mass is 10.3. The van der Waals surface area contributed by atoms with Crippen LogP contribution >= 0.6 is 0 Å². The van der Waals surface area contributed by atoms with Crippen molar-refractivity contribution in [2.45, 2.75) is 12.6 Å². The molecule has 1 saturated heterocycles. The van der Waals surface area contributed by atoms with Crippen LogP contribution in [0.25, 0.3) is 0 Å². The molecule has 1 heterocycles. The third-order valence-electron chi connectivity index (χ3n) is 4.24. The SMILES string of the molecule is O=[N+]([O-])c1ccccc1OCCO[C@@H]1OCCO[C@H]1OCCOc1ccccc1[N+](=O)[O-]. The van der Waals surface area contributed by atoms with E-state index in [1.807, 2.05) is 0 Å². The van der Waals surface area contributed by atoms with Crippen molar-refractivity contribution >= 4 is 11.4 Å². The number of rotatable bonds is 12. The zero-order valence-electron chi connectivity index (χ0n) is 17.0. The molecular weight excluding hydrogens is 428 g/mol. The molecule has 3 rings (SSSR count). The van der Waals surface area contributed by atoms with Crippen LogP contribution < -0.4 is 9.47 Å². The van der Waals surface area contributed by atoms with Gasteiger partial charge < -0.3 is 28.4 Å². The summed E-state index contributed by atoms with van der Waals surface area (Å²) in [5.41, 5.74) is -0.269. The molecule has 12 nitrogen and oxygen atoms in total. The number of ether oxygens (including phenoxy) is 6. The molecule has 2 aromatic carbocycles. The standard InChI is InChI=1S/C20H22N2O10/c23-21(24)15-5-1-3-7-17(15)27-9-11-29-19-20(32-14-13-31-19)30-12-10-28-18-8-4-2-6-16(18)22(25)26/h1-8,19-20H,9-14H2/t19-,20-/m1/s1. The first-order valence-corrected chi connectivity index (χ1v) is 9.75. The van der Waals surface area contributed by atoms with Crippen LogP contribution in [0.3, 0.4) is 0 Å². The lowest BCUT2D eigenvalue weighted by Gasteiger charge is -2.31. The number of nitrogens with zero attached hydrogens (tertiary/aromatic N) is 2. The average Bonchev–Trinajstić information content (AvgIpc) is 2.80. The number of hydrogen-bond donors (Lipinski definition) is 0. The predicted molar refractivity (Wildman–Crippen MR) is 109 cm³/mol. The Hall–Kier alpha value is -3.32. The predicted octanol–water partition coefficient (Wildman–Crippen LogP) is 2.69. The van der Waals surface area contributed by atoms with Crippen molar-refractivity contribution in [3.05, 3.63) is 68.8 Å². The van der Waals surface area contributed by atoms with Gasteiger partial charge >= 0.3 is 11.4 Å². The summed E-state index contributed by atoms with van der Waals surface area (Å²) < 4.78 is 33.0. The molecule has 2 atom stereocenters. The normalized spacial score (nSPS) is 18.1. The van der Waals surface area contributed by atoms with Gasteiger partial charge in [0.15, 0.2) is 11.5 Å². The van der Waals surface area contributed by atoms with E-state index in [0.29, 0.717) is 13.2 Å². The summed E-state index contributed by atoms with van der Waals surface area (Å²) in [6, 6.07) is 12.1. The second-order valence-electron chi connectivity index (χ2n) is 6.37. The first kappa shape index (κ1) is 23.3. The fourth-order valence-electron chi connectivity index (χ4n) is 2.83. The van der Waals surface area contributed by atoms with Crippen LogP contribution in [0.5, 0.6) is 11.5 Å². The molecule has 0 N–H and O–H groups in total. The Labute approximate surface area is 182 Å². The van der Waals surface area contributed by atoms with Crippen LogP contribution in [0, 0.1) is 20.2 Å². The third kappa shape index (κ3) is 6.59. The number of nitro groups is 2. The van der Waals surface area contributed by atoms with Crippen LogP contribution in [0.1, 0.15) is 0 Å². The number of hydrogen-bond acceptors (Lipinski definition) is 10.